The van der Waals surface area contributed by atoms with Gasteiger partial charge in [-0.2, -0.15) is 0 Å². The summed E-state index contributed by atoms with van der Waals surface area (Å²) in [5, 5.41) is 3.45. The maximum Gasteiger partial charge on any atom is 0.244 e. The Kier molecular flexibility index (Phi) is 5.64. The van der Waals surface area contributed by atoms with Gasteiger partial charge in [0.05, 0.1) is 11.4 Å². The molecule has 0 saturated heterocycles. The van der Waals surface area contributed by atoms with Crippen molar-refractivity contribution < 1.29 is 8.42 Å². The van der Waals surface area contributed by atoms with Gasteiger partial charge in [-0.25, -0.2) is 12.7 Å². The number of benzene rings is 1. The fourth-order valence-corrected chi connectivity index (χ4v) is 3.41. The zero-order valence-electron chi connectivity index (χ0n) is 13.6. The number of nitrogens with two attached hydrogens (primary N) is 1. The molecule has 0 fully saturated rings. The molecule has 0 aliphatic heterocycles. The highest BCUT2D eigenvalue weighted by Crippen LogP contribution is 2.33. The van der Waals surface area contributed by atoms with Crippen LogP contribution in [0.25, 0.3) is 0 Å². The number of nitrogens with zero attached hydrogens (tertiary/aromatic N) is 1. The van der Waals surface area contributed by atoms with E-state index in [1.165, 1.54) is 18.4 Å². The van der Waals surface area contributed by atoms with Crippen molar-refractivity contribution >= 4 is 21.4 Å². The van der Waals surface area contributed by atoms with E-state index in [0.29, 0.717) is 5.69 Å². The fraction of sp³-hybridized carbons (Fsp3) is 0.600. The van der Waals surface area contributed by atoms with Gasteiger partial charge in [0.15, 0.2) is 0 Å². The minimum absolute atomic E-state index is 0.0609. The van der Waals surface area contributed by atoms with Crippen molar-refractivity contribution in [2.24, 2.45) is 0 Å². The highest BCUT2D eigenvalue weighted by molar-refractivity contribution is 7.89. The van der Waals surface area contributed by atoms with Gasteiger partial charge in [-0.15, -0.1) is 0 Å². The van der Waals surface area contributed by atoms with Crippen molar-refractivity contribution in [2.45, 2.75) is 50.5 Å². The van der Waals surface area contributed by atoms with Crippen LogP contribution in [-0.2, 0) is 10.0 Å². The molecule has 21 heavy (non-hydrogen) atoms. The molecule has 1 aromatic carbocycles. The molecule has 0 saturated carbocycles. The fourth-order valence-electron chi connectivity index (χ4n) is 2.38. The Hall–Kier alpha value is -1.27. The summed E-state index contributed by atoms with van der Waals surface area (Å²) < 4.78 is 25.8. The van der Waals surface area contributed by atoms with Crippen LogP contribution in [0.2, 0.25) is 0 Å². The van der Waals surface area contributed by atoms with Crippen molar-refractivity contribution in [1.29, 1.82) is 0 Å². The largest absolute Gasteiger partial charge is 0.396 e. The maximum absolute atomic E-state index is 12.3. The van der Waals surface area contributed by atoms with Gasteiger partial charge in [-0.3, -0.25) is 0 Å². The molecular formula is C15H27N3O2S. The molecule has 1 rings (SSSR count). The quantitative estimate of drug-likeness (QED) is 0.759. The Bertz CT molecular complexity index is 570. The van der Waals surface area contributed by atoms with Crippen molar-refractivity contribution in [3.05, 3.63) is 18.2 Å². The van der Waals surface area contributed by atoms with Gasteiger partial charge < -0.3 is 11.1 Å². The maximum atomic E-state index is 12.3. The van der Waals surface area contributed by atoms with Crippen molar-refractivity contribution in [1.82, 2.24) is 4.31 Å². The Morgan fingerprint density at radius 3 is 2.10 bits per heavy atom. The SMILES string of the molecule is CCC(CC)(CC)Nc1cccc(S(=O)(=O)N(C)C)c1N. The van der Waals surface area contributed by atoms with Crippen LogP contribution in [0.3, 0.4) is 0 Å². The van der Waals surface area contributed by atoms with Crippen LogP contribution in [0, 0.1) is 0 Å². The number of hydrogen-bond donors (Lipinski definition) is 2. The number of rotatable bonds is 7. The molecule has 0 amide bonds. The predicted molar refractivity (Wildman–Crippen MR) is 89.0 cm³/mol. The Morgan fingerprint density at radius 2 is 1.67 bits per heavy atom. The predicted octanol–water partition coefficient (Wildman–Crippen LogP) is 2.90. The molecule has 3 N–H and O–H groups in total. The summed E-state index contributed by atoms with van der Waals surface area (Å²) in [5.41, 5.74) is 7.02. The summed E-state index contributed by atoms with van der Waals surface area (Å²) in [6.07, 6.45) is 2.85. The third-order valence-corrected chi connectivity index (χ3v) is 6.13. The molecule has 1 aromatic rings. The van der Waals surface area contributed by atoms with Gasteiger partial charge in [0.25, 0.3) is 0 Å². The second-order valence-electron chi connectivity index (χ2n) is 5.47. The van der Waals surface area contributed by atoms with E-state index in [9.17, 15) is 8.42 Å². The first-order valence-electron chi connectivity index (χ1n) is 7.33. The van der Waals surface area contributed by atoms with Gasteiger partial charge in [0, 0.05) is 19.6 Å². The van der Waals surface area contributed by atoms with E-state index in [1.807, 2.05) is 6.07 Å². The van der Waals surface area contributed by atoms with Gasteiger partial charge in [0.1, 0.15) is 4.90 Å². The molecule has 6 heteroatoms. The van der Waals surface area contributed by atoms with E-state index in [-0.39, 0.29) is 16.1 Å². The molecule has 0 radical (unpaired) electrons. The molecular weight excluding hydrogens is 286 g/mol. The standard InChI is InChI=1S/C15H27N3O2S/c1-6-15(7-2,8-3)17-12-10-9-11-13(14(12)16)21(19,20)18(4)5/h9-11,17H,6-8,16H2,1-5H3. The average Bonchev–Trinajstić information content (AvgIpc) is 2.46. The number of hydrogen-bond acceptors (Lipinski definition) is 4. The van der Waals surface area contributed by atoms with E-state index in [4.69, 9.17) is 5.73 Å². The van der Waals surface area contributed by atoms with Gasteiger partial charge in [-0.1, -0.05) is 26.8 Å². The van der Waals surface area contributed by atoms with E-state index < -0.39 is 10.0 Å². The van der Waals surface area contributed by atoms with Crippen LogP contribution in [0.5, 0.6) is 0 Å². The zero-order chi connectivity index (χ0) is 16.3. The number of anilines is 2. The van der Waals surface area contributed by atoms with Gasteiger partial charge >= 0.3 is 0 Å². The minimum Gasteiger partial charge on any atom is -0.396 e. The topological polar surface area (TPSA) is 75.4 Å². The molecule has 120 valence electrons. The monoisotopic (exact) mass is 313 g/mol. The Morgan fingerprint density at radius 1 is 1.14 bits per heavy atom. The van der Waals surface area contributed by atoms with Crippen LogP contribution < -0.4 is 11.1 Å². The number of sulfonamides is 1. The summed E-state index contributed by atoms with van der Waals surface area (Å²) in [7, 11) is -0.531. The summed E-state index contributed by atoms with van der Waals surface area (Å²) in [4.78, 5) is 0.148. The Balaban J connectivity index is 3.30. The Labute approximate surface area is 128 Å². The molecule has 0 unspecified atom stereocenters. The number of nitrogens with one attached hydrogen (secondary N) is 1. The van der Waals surface area contributed by atoms with Crippen LogP contribution in [0.15, 0.2) is 23.1 Å². The van der Waals surface area contributed by atoms with Gasteiger partial charge in [-0.05, 0) is 31.4 Å². The van der Waals surface area contributed by atoms with Crippen LogP contribution in [0.1, 0.15) is 40.0 Å². The number of nitrogen functional groups attached to an aromatic ring is 1. The summed E-state index contributed by atoms with van der Waals surface area (Å²) in [6, 6.07) is 5.10. The molecule has 5 nitrogen and oxygen atoms in total. The van der Waals surface area contributed by atoms with Crippen molar-refractivity contribution in [3.8, 4) is 0 Å². The van der Waals surface area contributed by atoms with Crippen LogP contribution in [0.4, 0.5) is 11.4 Å². The molecule has 0 spiro atoms. The van der Waals surface area contributed by atoms with Crippen LogP contribution >= 0.6 is 0 Å². The first-order chi connectivity index (χ1) is 9.74. The zero-order valence-corrected chi connectivity index (χ0v) is 14.4. The summed E-state index contributed by atoms with van der Waals surface area (Å²) in [6.45, 7) is 6.36. The van der Waals surface area contributed by atoms with Crippen LogP contribution in [-0.4, -0.2) is 32.4 Å². The number of para-hydroxylation sites is 1. The van der Waals surface area contributed by atoms with Gasteiger partial charge in [0.2, 0.25) is 10.0 Å². The average molecular weight is 313 g/mol. The third-order valence-electron chi connectivity index (χ3n) is 4.25. The molecule has 0 aromatic heterocycles. The molecule has 0 atom stereocenters. The second kappa shape index (κ2) is 6.66. The first kappa shape index (κ1) is 17.8. The highest BCUT2D eigenvalue weighted by Gasteiger charge is 2.27. The first-order valence-corrected chi connectivity index (χ1v) is 8.77. The lowest BCUT2D eigenvalue weighted by Gasteiger charge is -2.33. The lowest BCUT2D eigenvalue weighted by Crippen LogP contribution is -2.36. The molecule has 0 bridgehead atoms. The highest BCUT2D eigenvalue weighted by atomic mass is 32.2. The summed E-state index contributed by atoms with van der Waals surface area (Å²) in [5.74, 6) is 0. The minimum atomic E-state index is -3.54. The van der Waals surface area contributed by atoms with E-state index in [0.717, 1.165) is 19.3 Å². The van der Waals surface area contributed by atoms with E-state index >= 15 is 0 Å². The van der Waals surface area contributed by atoms with Crippen molar-refractivity contribution in [3.63, 3.8) is 0 Å². The van der Waals surface area contributed by atoms with Crippen molar-refractivity contribution in [2.75, 3.05) is 25.1 Å². The lowest BCUT2D eigenvalue weighted by atomic mass is 9.89. The second-order valence-corrected chi connectivity index (χ2v) is 7.59. The summed E-state index contributed by atoms with van der Waals surface area (Å²) >= 11 is 0. The normalized spacial score (nSPS) is 12.7. The van der Waals surface area contributed by atoms with E-state index in [1.54, 1.807) is 12.1 Å². The third kappa shape index (κ3) is 3.49. The molecule has 0 aliphatic rings. The van der Waals surface area contributed by atoms with E-state index in [2.05, 4.69) is 26.1 Å². The molecule has 0 aliphatic carbocycles. The molecule has 0 heterocycles. The smallest absolute Gasteiger partial charge is 0.244 e. The lowest BCUT2D eigenvalue weighted by molar-refractivity contribution is 0.420.